The van der Waals surface area contributed by atoms with Crippen molar-refractivity contribution in [1.29, 1.82) is 0 Å². The van der Waals surface area contributed by atoms with Gasteiger partial charge in [0, 0.05) is 50.1 Å². The van der Waals surface area contributed by atoms with E-state index in [2.05, 4.69) is 10.6 Å². The van der Waals surface area contributed by atoms with E-state index in [9.17, 15) is 13.2 Å². The van der Waals surface area contributed by atoms with Crippen molar-refractivity contribution in [3.8, 4) is 0 Å². The molecule has 9 heteroatoms. The molecule has 0 aromatic heterocycles. The number of carbonyl (C=O) groups excluding carboxylic acids is 1. The van der Waals surface area contributed by atoms with Gasteiger partial charge < -0.3 is 10.6 Å². The highest BCUT2D eigenvalue weighted by Crippen LogP contribution is 2.23. The first-order valence-electron chi connectivity index (χ1n) is 9.23. The van der Waals surface area contributed by atoms with Crippen molar-refractivity contribution in [3.63, 3.8) is 0 Å². The molecule has 0 spiro atoms. The second-order valence-corrected chi connectivity index (χ2v) is 9.84. The van der Waals surface area contributed by atoms with Gasteiger partial charge in [-0.25, -0.2) is 8.42 Å². The molecule has 1 unspecified atom stereocenters. The molecule has 0 aliphatic carbocycles. The predicted molar refractivity (Wildman–Crippen MR) is 112 cm³/mol. The average molecular weight is 434 g/mol. The van der Waals surface area contributed by atoms with Crippen molar-refractivity contribution < 1.29 is 13.2 Å². The van der Waals surface area contributed by atoms with Crippen LogP contribution in [0.5, 0.6) is 0 Å². The Kier molecular flexibility index (Phi) is 8.88. The summed E-state index contributed by atoms with van der Waals surface area (Å²) in [7, 11) is -3.50. The van der Waals surface area contributed by atoms with Gasteiger partial charge in [-0.1, -0.05) is 24.6 Å². The SMILES string of the molecule is Cl.O=C(CC1CSCCN1)NCc1ccccc1S(=O)(=O)N1CCCCC1. The Morgan fingerprint density at radius 1 is 1.22 bits per heavy atom. The Balaban J connectivity index is 0.00000261. The Morgan fingerprint density at radius 2 is 1.96 bits per heavy atom. The van der Waals surface area contributed by atoms with E-state index in [4.69, 9.17) is 0 Å². The maximum atomic E-state index is 13.0. The van der Waals surface area contributed by atoms with Crippen LogP contribution in [0.1, 0.15) is 31.2 Å². The zero-order valence-corrected chi connectivity index (χ0v) is 17.8. The molecule has 0 radical (unpaired) electrons. The Labute approximate surface area is 172 Å². The third-order valence-electron chi connectivity index (χ3n) is 4.81. The highest BCUT2D eigenvalue weighted by Gasteiger charge is 2.28. The van der Waals surface area contributed by atoms with Crippen LogP contribution in [0.25, 0.3) is 0 Å². The number of halogens is 1. The van der Waals surface area contributed by atoms with E-state index >= 15 is 0 Å². The van der Waals surface area contributed by atoms with Crippen LogP contribution in [0.3, 0.4) is 0 Å². The maximum absolute atomic E-state index is 13.0. The third kappa shape index (κ3) is 6.09. The summed E-state index contributed by atoms with van der Waals surface area (Å²) >= 11 is 1.85. The molecular formula is C18H28ClN3O3S2. The van der Waals surface area contributed by atoms with Gasteiger partial charge in [-0.05, 0) is 24.5 Å². The lowest BCUT2D eigenvalue weighted by atomic mass is 10.2. The first kappa shape index (κ1) is 22.5. The molecule has 2 aliphatic heterocycles. The normalized spacial score (nSPS) is 21.3. The number of hydrogen-bond donors (Lipinski definition) is 2. The molecule has 1 aromatic carbocycles. The van der Waals surface area contributed by atoms with E-state index in [0.717, 1.165) is 37.3 Å². The van der Waals surface area contributed by atoms with Crippen molar-refractivity contribution in [1.82, 2.24) is 14.9 Å². The van der Waals surface area contributed by atoms with Crippen LogP contribution in [0.15, 0.2) is 29.2 Å². The predicted octanol–water partition coefficient (Wildman–Crippen LogP) is 1.99. The van der Waals surface area contributed by atoms with Gasteiger partial charge in [-0.15, -0.1) is 12.4 Å². The van der Waals surface area contributed by atoms with Crippen LogP contribution in [0.4, 0.5) is 0 Å². The van der Waals surface area contributed by atoms with E-state index in [0.29, 0.717) is 30.0 Å². The van der Waals surface area contributed by atoms with Crippen LogP contribution in [0, 0.1) is 0 Å². The van der Waals surface area contributed by atoms with Gasteiger partial charge in [0.05, 0.1) is 4.90 Å². The van der Waals surface area contributed by atoms with Gasteiger partial charge in [0.25, 0.3) is 0 Å². The number of nitrogens with zero attached hydrogens (tertiary/aromatic N) is 1. The first-order chi connectivity index (χ1) is 12.6. The minimum Gasteiger partial charge on any atom is -0.352 e. The fourth-order valence-corrected chi connectivity index (χ4v) is 6.07. The lowest BCUT2D eigenvalue weighted by Crippen LogP contribution is -2.41. The fourth-order valence-electron chi connectivity index (χ4n) is 3.39. The molecule has 6 nitrogen and oxygen atoms in total. The average Bonchev–Trinajstić information content (AvgIpc) is 2.68. The molecule has 2 aliphatic rings. The molecular weight excluding hydrogens is 406 g/mol. The minimum absolute atomic E-state index is 0. The molecule has 2 saturated heterocycles. The number of benzene rings is 1. The molecule has 0 saturated carbocycles. The summed E-state index contributed by atoms with van der Waals surface area (Å²) in [6.45, 7) is 2.32. The number of piperidine rings is 1. The number of sulfonamides is 1. The number of thioether (sulfide) groups is 1. The first-order valence-corrected chi connectivity index (χ1v) is 11.8. The second kappa shape index (κ2) is 10.7. The lowest BCUT2D eigenvalue weighted by molar-refractivity contribution is -0.121. The third-order valence-corrected chi connectivity index (χ3v) is 7.94. The lowest BCUT2D eigenvalue weighted by Gasteiger charge is -2.27. The number of hydrogen-bond acceptors (Lipinski definition) is 5. The molecule has 152 valence electrons. The molecule has 27 heavy (non-hydrogen) atoms. The highest BCUT2D eigenvalue weighted by atomic mass is 35.5. The summed E-state index contributed by atoms with van der Waals surface area (Å²) in [6, 6.07) is 7.18. The summed E-state index contributed by atoms with van der Waals surface area (Å²) < 4.78 is 27.5. The zero-order chi connectivity index (χ0) is 18.4. The Morgan fingerprint density at radius 3 is 2.67 bits per heavy atom. The van der Waals surface area contributed by atoms with Crippen molar-refractivity contribution in [3.05, 3.63) is 29.8 Å². The van der Waals surface area contributed by atoms with Crippen molar-refractivity contribution in [2.45, 2.75) is 43.2 Å². The molecule has 2 heterocycles. The topological polar surface area (TPSA) is 78.5 Å². The van der Waals surface area contributed by atoms with Gasteiger partial charge in [-0.2, -0.15) is 16.1 Å². The minimum atomic E-state index is -3.50. The van der Waals surface area contributed by atoms with Crippen LogP contribution in [-0.2, 0) is 21.4 Å². The second-order valence-electron chi connectivity index (χ2n) is 6.78. The zero-order valence-electron chi connectivity index (χ0n) is 15.4. The van der Waals surface area contributed by atoms with E-state index in [1.165, 1.54) is 0 Å². The summed E-state index contributed by atoms with van der Waals surface area (Å²) in [5.41, 5.74) is 0.650. The smallest absolute Gasteiger partial charge is 0.243 e. The Bertz CT molecular complexity index is 718. The number of nitrogens with one attached hydrogen (secondary N) is 2. The largest absolute Gasteiger partial charge is 0.352 e. The fraction of sp³-hybridized carbons (Fsp3) is 0.611. The monoisotopic (exact) mass is 433 g/mol. The molecule has 1 aromatic rings. The number of rotatable bonds is 6. The van der Waals surface area contributed by atoms with Gasteiger partial charge in [0.15, 0.2) is 0 Å². The molecule has 2 fully saturated rings. The molecule has 0 bridgehead atoms. The quantitative estimate of drug-likeness (QED) is 0.717. The summed E-state index contributed by atoms with van der Waals surface area (Å²) in [5.74, 6) is 1.97. The Hall–Kier alpha value is -0.800. The molecule has 2 N–H and O–H groups in total. The van der Waals surface area contributed by atoms with E-state index < -0.39 is 10.0 Å². The molecule has 3 rings (SSSR count). The van der Waals surface area contributed by atoms with Crippen LogP contribution in [0.2, 0.25) is 0 Å². The maximum Gasteiger partial charge on any atom is 0.243 e. The van der Waals surface area contributed by atoms with Crippen molar-refractivity contribution in [2.24, 2.45) is 0 Å². The number of carbonyl (C=O) groups is 1. The number of amides is 1. The molecule has 1 atom stereocenters. The van der Waals surface area contributed by atoms with Crippen molar-refractivity contribution >= 4 is 40.1 Å². The van der Waals surface area contributed by atoms with Crippen molar-refractivity contribution in [2.75, 3.05) is 31.1 Å². The standard InChI is InChI=1S/C18H27N3O3S2.ClH/c22-18(12-16-14-25-11-8-19-16)20-13-15-6-2-3-7-17(15)26(23,24)21-9-4-1-5-10-21;/h2-3,6-7,16,19H,1,4-5,8-14H2,(H,20,22);1H. The summed E-state index contributed by atoms with van der Waals surface area (Å²) in [4.78, 5) is 12.5. The van der Waals surface area contributed by atoms with E-state index in [-0.39, 0.29) is 30.9 Å². The van der Waals surface area contributed by atoms with Crippen LogP contribution in [-0.4, -0.2) is 55.8 Å². The van der Waals surface area contributed by atoms with Gasteiger partial charge in [-0.3, -0.25) is 4.79 Å². The van der Waals surface area contributed by atoms with E-state index in [1.807, 2.05) is 17.8 Å². The van der Waals surface area contributed by atoms with Gasteiger partial charge >= 0.3 is 0 Å². The van der Waals surface area contributed by atoms with Gasteiger partial charge in [0.1, 0.15) is 0 Å². The van der Waals surface area contributed by atoms with Crippen LogP contribution < -0.4 is 10.6 Å². The molecule has 1 amide bonds. The summed E-state index contributed by atoms with van der Waals surface area (Å²) in [5, 5.41) is 6.23. The summed E-state index contributed by atoms with van der Waals surface area (Å²) in [6.07, 6.45) is 3.32. The van der Waals surface area contributed by atoms with Gasteiger partial charge in [0.2, 0.25) is 15.9 Å². The van der Waals surface area contributed by atoms with E-state index in [1.54, 1.807) is 22.5 Å². The van der Waals surface area contributed by atoms with Crippen LogP contribution >= 0.6 is 24.2 Å². The highest BCUT2D eigenvalue weighted by molar-refractivity contribution is 7.99.